The number of ether oxygens (including phenoxy) is 1. The van der Waals surface area contributed by atoms with Gasteiger partial charge in [0.2, 0.25) is 0 Å². The summed E-state index contributed by atoms with van der Waals surface area (Å²) in [4.78, 5) is 9.07. The van der Waals surface area contributed by atoms with E-state index in [1.165, 1.54) is 0 Å². The number of halogens is 1. The second-order valence-corrected chi connectivity index (χ2v) is 7.74. The van der Waals surface area contributed by atoms with Crippen molar-refractivity contribution >= 4 is 34.6 Å². The van der Waals surface area contributed by atoms with E-state index < -0.39 is 0 Å². The molecule has 2 aromatic rings. The van der Waals surface area contributed by atoms with Crippen LogP contribution < -0.4 is 5.32 Å². The number of aryl methyl sites for hydroxylation is 1. The van der Waals surface area contributed by atoms with Crippen LogP contribution in [0.2, 0.25) is 5.02 Å². The molecule has 0 atom stereocenters. The Morgan fingerprint density at radius 1 is 1.29 bits per heavy atom. The minimum atomic E-state index is 0.676. The van der Waals surface area contributed by atoms with E-state index in [1.54, 1.807) is 0 Å². The van der Waals surface area contributed by atoms with Gasteiger partial charge in [0.1, 0.15) is 0 Å². The number of nitrogens with zero attached hydrogens (tertiary/aromatic N) is 3. The van der Waals surface area contributed by atoms with Gasteiger partial charge in [0.25, 0.3) is 0 Å². The lowest BCUT2D eigenvalue weighted by Crippen LogP contribution is -2.40. The molecule has 1 N–H and O–H groups in total. The lowest BCUT2D eigenvalue weighted by Gasteiger charge is -2.29. The second-order valence-electron chi connectivity index (χ2n) is 6.94. The molecule has 1 fully saturated rings. The highest BCUT2D eigenvalue weighted by atomic mass is 35.5. The van der Waals surface area contributed by atoms with Gasteiger partial charge in [-0.15, -0.1) is 0 Å². The number of nitrogens with one attached hydrogen (secondary N) is 1. The van der Waals surface area contributed by atoms with Crippen LogP contribution in [-0.4, -0.2) is 59.3 Å². The molecular weight excluding hydrogens is 392 g/mol. The molecule has 0 unspecified atom stereocenters. The van der Waals surface area contributed by atoms with Gasteiger partial charge in [-0.05, 0) is 55.4 Å². The van der Waals surface area contributed by atoms with Gasteiger partial charge in [-0.25, -0.2) is 0 Å². The molecule has 1 aliphatic rings. The summed E-state index contributed by atoms with van der Waals surface area (Å²) in [5, 5.41) is 4.75. The van der Waals surface area contributed by atoms with Crippen LogP contribution in [-0.2, 0) is 11.3 Å². The first kappa shape index (κ1) is 21.0. The van der Waals surface area contributed by atoms with E-state index in [2.05, 4.69) is 20.1 Å². The van der Waals surface area contributed by atoms with Crippen LogP contribution in [0.15, 0.2) is 42.6 Å². The summed E-state index contributed by atoms with van der Waals surface area (Å²) in [5.41, 5.74) is 2.95. The van der Waals surface area contributed by atoms with E-state index in [0.717, 1.165) is 67.8 Å². The molecule has 3 rings (SSSR count). The summed E-state index contributed by atoms with van der Waals surface area (Å²) in [7, 11) is 0. The maximum atomic E-state index is 6.25. The SMILES string of the molecule is Cc1ccc(NC(=S)N(CCCN2CCOCC2)Cc2ccccn2)cc1Cl. The number of anilines is 1. The van der Waals surface area contributed by atoms with Crippen LogP contribution in [0.25, 0.3) is 0 Å². The normalized spacial score (nSPS) is 14.6. The molecule has 150 valence electrons. The van der Waals surface area contributed by atoms with Crippen molar-refractivity contribution in [3.63, 3.8) is 0 Å². The summed E-state index contributed by atoms with van der Waals surface area (Å²) in [5.74, 6) is 0. The maximum absolute atomic E-state index is 6.25. The van der Waals surface area contributed by atoms with Crippen molar-refractivity contribution < 1.29 is 4.74 Å². The van der Waals surface area contributed by atoms with Crippen molar-refractivity contribution in [2.24, 2.45) is 0 Å². The first-order chi connectivity index (χ1) is 13.6. The molecule has 1 aliphatic heterocycles. The zero-order chi connectivity index (χ0) is 19.8. The topological polar surface area (TPSA) is 40.6 Å². The number of morpholine rings is 1. The number of hydrogen-bond acceptors (Lipinski definition) is 4. The molecule has 1 aromatic heterocycles. The van der Waals surface area contributed by atoms with Gasteiger partial charge in [-0.2, -0.15) is 0 Å². The molecule has 0 radical (unpaired) electrons. The fraction of sp³-hybridized carbons (Fsp3) is 0.429. The lowest BCUT2D eigenvalue weighted by molar-refractivity contribution is 0.0367. The third-order valence-electron chi connectivity index (χ3n) is 4.80. The fourth-order valence-electron chi connectivity index (χ4n) is 3.12. The second kappa shape index (κ2) is 10.7. The summed E-state index contributed by atoms with van der Waals surface area (Å²) in [6, 6.07) is 11.9. The molecule has 0 spiro atoms. The molecule has 5 nitrogen and oxygen atoms in total. The molecule has 28 heavy (non-hydrogen) atoms. The van der Waals surface area contributed by atoms with Crippen LogP contribution in [0.3, 0.4) is 0 Å². The quantitative estimate of drug-likeness (QED) is 0.686. The minimum Gasteiger partial charge on any atom is -0.379 e. The van der Waals surface area contributed by atoms with Crippen molar-refractivity contribution in [1.82, 2.24) is 14.8 Å². The molecular formula is C21H27ClN4OS. The van der Waals surface area contributed by atoms with E-state index in [1.807, 2.05) is 49.5 Å². The van der Waals surface area contributed by atoms with Crippen molar-refractivity contribution in [2.75, 3.05) is 44.7 Å². The van der Waals surface area contributed by atoms with Gasteiger partial charge in [0.05, 0.1) is 25.5 Å². The molecule has 1 saturated heterocycles. The highest BCUT2D eigenvalue weighted by Gasteiger charge is 2.14. The Balaban J connectivity index is 1.61. The molecule has 7 heteroatoms. The van der Waals surface area contributed by atoms with Crippen LogP contribution >= 0.6 is 23.8 Å². The van der Waals surface area contributed by atoms with Crippen molar-refractivity contribution in [3.8, 4) is 0 Å². The number of rotatable bonds is 7. The highest BCUT2D eigenvalue weighted by Crippen LogP contribution is 2.20. The van der Waals surface area contributed by atoms with E-state index in [9.17, 15) is 0 Å². The Morgan fingerprint density at radius 2 is 2.11 bits per heavy atom. The largest absolute Gasteiger partial charge is 0.379 e. The fourth-order valence-corrected chi connectivity index (χ4v) is 3.58. The van der Waals surface area contributed by atoms with E-state index in [0.29, 0.717) is 11.7 Å². The number of hydrogen-bond donors (Lipinski definition) is 1. The average molecular weight is 419 g/mol. The van der Waals surface area contributed by atoms with Gasteiger partial charge in [0.15, 0.2) is 5.11 Å². The first-order valence-electron chi connectivity index (χ1n) is 9.64. The summed E-state index contributed by atoms with van der Waals surface area (Å²) in [6.07, 6.45) is 2.85. The first-order valence-corrected chi connectivity index (χ1v) is 10.4. The Kier molecular flexibility index (Phi) is 8.03. The highest BCUT2D eigenvalue weighted by molar-refractivity contribution is 7.80. The Bertz CT molecular complexity index is 768. The monoisotopic (exact) mass is 418 g/mol. The van der Waals surface area contributed by atoms with Crippen LogP contribution in [0.1, 0.15) is 17.7 Å². The van der Waals surface area contributed by atoms with E-state index in [4.69, 9.17) is 28.6 Å². The van der Waals surface area contributed by atoms with Gasteiger partial charge < -0.3 is 15.0 Å². The lowest BCUT2D eigenvalue weighted by atomic mass is 10.2. The molecule has 0 aliphatic carbocycles. The van der Waals surface area contributed by atoms with Crippen molar-refractivity contribution in [3.05, 3.63) is 58.9 Å². The number of pyridine rings is 1. The van der Waals surface area contributed by atoms with Gasteiger partial charge in [0, 0.05) is 43.1 Å². The standard InChI is InChI=1S/C21H27ClN4OS/c1-17-6-7-18(15-20(17)22)24-21(28)26(16-19-5-2-3-8-23-19)10-4-9-25-11-13-27-14-12-25/h2-3,5-8,15H,4,9-14,16H2,1H3,(H,24,28). The predicted molar refractivity (Wildman–Crippen MR) is 119 cm³/mol. The van der Waals surface area contributed by atoms with E-state index in [-0.39, 0.29) is 0 Å². The van der Waals surface area contributed by atoms with Gasteiger partial charge in [-0.3, -0.25) is 9.88 Å². The average Bonchev–Trinajstić information content (AvgIpc) is 2.71. The number of thiocarbonyl (C=S) groups is 1. The van der Waals surface area contributed by atoms with Crippen molar-refractivity contribution in [1.29, 1.82) is 0 Å². The maximum Gasteiger partial charge on any atom is 0.173 e. The summed E-state index contributed by atoms with van der Waals surface area (Å²) < 4.78 is 5.43. The molecule has 1 aromatic carbocycles. The molecule has 0 saturated carbocycles. The predicted octanol–water partition coefficient (Wildman–Crippen LogP) is 3.96. The van der Waals surface area contributed by atoms with Crippen molar-refractivity contribution in [2.45, 2.75) is 19.9 Å². The number of aromatic nitrogens is 1. The third-order valence-corrected chi connectivity index (χ3v) is 5.56. The van der Waals surface area contributed by atoms with Gasteiger partial charge in [-0.1, -0.05) is 23.7 Å². The Hall–Kier alpha value is -1.73. The smallest absolute Gasteiger partial charge is 0.173 e. The third kappa shape index (κ3) is 6.41. The van der Waals surface area contributed by atoms with Crippen LogP contribution in [0.4, 0.5) is 5.69 Å². The zero-order valence-corrected chi connectivity index (χ0v) is 17.8. The zero-order valence-electron chi connectivity index (χ0n) is 16.2. The summed E-state index contributed by atoms with van der Waals surface area (Å²) >= 11 is 12.0. The Morgan fingerprint density at radius 3 is 2.82 bits per heavy atom. The number of benzene rings is 1. The van der Waals surface area contributed by atoms with E-state index >= 15 is 0 Å². The molecule has 0 bridgehead atoms. The minimum absolute atomic E-state index is 0.676. The van der Waals surface area contributed by atoms with Gasteiger partial charge >= 0.3 is 0 Å². The molecule has 0 amide bonds. The Labute approximate surface area is 177 Å². The van der Waals surface area contributed by atoms with Crippen LogP contribution in [0, 0.1) is 6.92 Å². The summed E-state index contributed by atoms with van der Waals surface area (Å²) in [6.45, 7) is 8.23. The van der Waals surface area contributed by atoms with Crippen LogP contribution in [0.5, 0.6) is 0 Å². The molecule has 2 heterocycles.